The number of imidazole rings is 1. The van der Waals surface area contributed by atoms with Crippen LogP contribution in [-0.4, -0.2) is 58.4 Å². The van der Waals surface area contributed by atoms with Gasteiger partial charge in [-0.25, -0.2) is 4.98 Å². The van der Waals surface area contributed by atoms with Gasteiger partial charge in [-0.3, -0.25) is 4.90 Å². The normalized spacial score (nSPS) is 16.5. The highest BCUT2D eigenvalue weighted by Gasteiger charge is 2.21. The Morgan fingerprint density at radius 3 is 2.48 bits per heavy atom. The molecule has 0 radical (unpaired) electrons. The molecule has 0 aliphatic carbocycles. The number of para-hydroxylation sites is 2. The molecule has 0 bridgehead atoms. The Balaban J connectivity index is 1.21. The summed E-state index contributed by atoms with van der Waals surface area (Å²) in [5, 5.41) is 13.3. The number of nitrogens with zero attached hydrogens (tertiary/aromatic N) is 4. The van der Waals surface area contributed by atoms with Crippen molar-refractivity contribution < 1.29 is 5.11 Å². The lowest BCUT2D eigenvalue weighted by molar-refractivity contribution is 0.0959. The van der Waals surface area contributed by atoms with Crippen LogP contribution in [0, 0.1) is 0 Å². The quantitative estimate of drug-likeness (QED) is 0.571. The average molecular weight is 386 g/mol. The molecule has 0 saturated carbocycles. The summed E-state index contributed by atoms with van der Waals surface area (Å²) >= 11 is 0. The number of rotatable bonds is 5. The first-order valence-electron chi connectivity index (χ1n) is 10.3. The van der Waals surface area contributed by atoms with Crippen LogP contribution in [0.1, 0.15) is 0 Å². The molecule has 1 fully saturated rings. The molecule has 1 aromatic heterocycles. The fraction of sp³-hybridized carbons (Fsp3) is 0.292. The molecule has 1 atom stereocenters. The summed E-state index contributed by atoms with van der Waals surface area (Å²) in [6.45, 7) is 5.15. The van der Waals surface area contributed by atoms with E-state index in [2.05, 4.69) is 63.3 Å². The maximum atomic E-state index is 10.7. The van der Waals surface area contributed by atoms with Gasteiger partial charge in [0.2, 0.25) is 0 Å². The molecule has 5 rings (SSSR count). The van der Waals surface area contributed by atoms with Gasteiger partial charge in [-0.2, -0.15) is 0 Å². The number of β-amino-alcohol motifs (C(OH)–C–C–N with tert-alkyl or cyclic N) is 1. The van der Waals surface area contributed by atoms with Gasteiger partial charge in [0, 0.05) is 43.8 Å². The molecule has 1 saturated heterocycles. The molecule has 1 aliphatic rings. The molecule has 5 heteroatoms. The lowest BCUT2D eigenvalue weighted by Crippen LogP contribution is -2.49. The number of piperazine rings is 1. The van der Waals surface area contributed by atoms with Gasteiger partial charge in [-0.05, 0) is 23.6 Å². The summed E-state index contributed by atoms with van der Waals surface area (Å²) in [4.78, 5) is 9.25. The third kappa shape index (κ3) is 3.71. The van der Waals surface area contributed by atoms with Crippen molar-refractivity contribution in [2.75, 3.05) is 37.6 Å². The summed E-state index contributed by atoms with van der Waals surface area (Å²) < 4.78 is 2.05. The molecular weight excluding hydrogens is 360 g/mol. The van der Waals surface area contributed by atoms with Crippen molar-refractivity contribution in [2.45, 2.75) is 12.6 Å². The number of aliphatic hydroxyl groups excluding tert-OH is 1. The number of anilines is 1. The molecule has 1 N–H and O–H groups in total. The highest BCUT2D eigenvalue weighted by atomic mass is 16.3. The molecule has 2 heterocycles. The third-order valence-corrected chi connectivity index (χ3v) is 5.88. The number of aliphatic hydroxyl groups is 1. The van der Waals surface area contributed by atoms with Crippen molar-refractivity contribution in [3.05, 3.63) is 73.1 Å². The van der Waals surface area contributed by atoms with Crippen molar-refractivity contribution in [1.29, 1.82) is 0 Å². The van der Waals surface area contributed by atoms with Gasteiger partial charge < -0.3 is 14.6 Å². The highest BCUT2D eigenvalue weighted by molar-refractivity contribution is 5.94. The van der Waals surface area contributed by atoms with Crippen LogP contribution in [0.5, 0.6) is 0 Å². The topological polar surface area (TPSA) is 44.5 Å². The lowest BCUT2D eigenvalue weighted by Gasteiger charge is -2.37. The monoisotopic (exact) mass is 386 g/mol. The fourth-order valence-corrected chi connectivity index (χ4v) is 4.39. The maximum Gasteiger partial charge on any atom is 0.0959 e. The second-order valence-electron chi connectivity index (χ2n) is 7.83. The van der Waals surface area contributed by atoms with Gasteiger partial charge >= 0.3 is 0 Å². The Morgan fingerprint density at radius 2 is 1.59 bits per heavy atom. The van der Waals surface area contributed by atoms with Crippen molar-refractivity contribution in [1.82, 2.24) is 14.5 Å². The van der Waals surface area contributed by atoms with Crippen molar-refractivity contribution in [3.63, 3.8) is 0 Å². The van der Waals surface area contributed by atoms with Gasteiger partial charge in [-0.15, -0.1) is 0 Å². The second-order valence-corrected chi connectivity index (χ2v) is 7.83. The van der Waals surface area contributed by atoms with E-state index < -0.39 is 6.10 Å². The predicted molar refractivity (Wildman–Crippen MR) is 118 cm³/mol. The Bertz CT molecular complexity index is 1110. The van der Waals surface area contributed by atoms with Gasteiger partial charge in [0.25, 0.3) is 0 Å². The van der Waals surface area contributed by atoms with Gasteiger partial charge in [0.15, 0.2) is 0 Å². The van der Waals surface area contributed by atoms with Crippen molar-refractivity contribution >= 4 is 27.5 Å². The summed E-state index contributed by atoms with van der Waals surface area (Å²) in [5.41, 5.74) is 3.36. The Morgan fingerprint density at radius 1 is 0.828 bits per heavy atom. The van der Waals surface area contributed by atoms with Crippen LogP contribution in [-0.2, 0) is 6.54 Å². The Hall–Kier alpha value is -2.89. The minimum atomic E-state index is -0.406. The zero-order valence-corrected chi connectivity index (χ0v) is 16.5. The van der Waals surface area contributed by atoms with Gasteiger partial charge in [0.05, 0.1) is 30.0 Å². The van der Waals surface area contributed by atoms with Crippen LogP contribution in [0.15, 0.2) is 73.1 Å². The zero-order chi connectivity index (χ0) is 19.6. The number of fused-ring (bicyclic) bond motifs is 2. The molecule has 4 aromatic rings. The van der Waals surface area contributed by atoms with E-state index in [-0.39, 0.29) is 0 Å². The predicted octanol–water partition coefficient (Wildman–Crippen LogP) is 3.37. The molecule has 0 amide bonds. The molecule has 1 unspecified atom stereocenters. The minimum absolute atomic E-state index is 0.406. The van der Waals surface area contributed by atoms with E-state index in [4.69, 9.17) is 0 Å². The second kappa shape index (κ2) is 7.85. The van der Waals surface area contributed by atoms with Gasteiger partial charge in [-0.1, -0.05) is 48.5 Å². The highest BCUT2D eigenvalue weighted by Crippen LogP contribution is 2.27. The summed E-state index contributed by atoms with van der Waals surface area (Å²) in [7, 11) is 0. The first-order valence-corrected chi connectivity index (χ1v) is 10.3. The lowest BCUT2D eigenvalue weighted by atomic mass is 10.1. The molecule has 3 aromatic carbocycles. The van der Waals surface area contributed by atoms with E-state index in [1.807, 2.05) is 29.1 Å². The Kier molecular flexibility index (Phi) is 4.92. The molecule has 5 nitrogen and oxygen atoms in total. The molecule has 29 heavy (non-hydrogen) atoms. The zero-order valence-electron chi connectivity index (χ0n) is 16.5. The van der Waals surface area contributed by atoms with E-state index in [1.54, 1.807) is 0 Å². The fourth-order valence-electron chi connectivity index (χ4n) is 4.39. The van der Waals surface area contributed by atoms with Crippen LogP contribution < -0.4 is 4.90 Å². The summed E-state index contributed by atoms with van der Waals surface area (Å²) in [6.07, 6.45) is 1.42. The molecule has 1 aliphatic heterocycles. The van der Waals surface area contributed by atoms with Crippen LogP contribution in [0.2, 0.25) is 0 Å². The number of hydrogen-bond donors (Lipinski definition) is 1. The van der Waals surface area contributed by atoms with Crippen LogP contribution in [0.3, 0.4) is 0 Å². The van der Waals surface area contributed by atoms with E-state index in [1.165, 1.54) is 16.5 Å². The number of hydrogen-bond acceptors (Lipinski definition) is 4. The maximum absolute atomic E-state index is 10.7. The SMILES string of the molecule is OC(CN1CCN(c2cccc3ccccc23)CC1)Cn1cnc2ccccc21. The molecule has 148 valence electrons. The smallest absolute Gasteiger partial charge is 0.0959 e. The average Bonchev–Trinajstić information content (AvgIpc) is 3.17. The van der Waals surface area contributed by atoms with Crippen LogP contribution >= 0.6 is 0 Å². The first-order chi connectivity index (χ1) is 14.3. The summed E-state index contributed by atoms with van der Waals surface area (Å²) in [6, 6.07) is 23.2. The number of aromatic nitrogens is 2. The molecule has 0 spiro atoms. The third-order valence-electron chi connectivity index (χ3n) is 5.88. The molecular formula is C24H26N4O. The van der Waals surface area contributed by atoms with Gasteiger partial charge in [0.1, 0.15) is 0 Å². The van der Waals surface area contributed by atoms with Crippen molar-refractivity contribution in [2.24, 2.45) is 0 Å². The summed E-state index contributed by atoms with van der Waals surface area (Å²) in [5.74, 6) is 0. The van der Waals surface area contributed by atoms with Crippen molar-refractivity contribution in [3.8, 4) is 0 Å². The largest absolute Gasteiger partial charge is 0.390 e. The van der Waals surface area contributed by atoms with E-state index in [9.17, 15) is 5.11 Å². The first kappa shape index (κ1) is 18.2. The van der Waals surface area contributed by atoms with Crippen LogP contribution in [0.4, 0.5) is 5.69 Å². The number of benzene rings is 3. The van der Waals surface area contributed by atoms with E-state index >= 15 is 0 Å². The van der Waals surface area contributed by atoms with E-state index in [0.717, 1.165) is 37.2 Å². The standard InChI is InChI=1S/C24H26N4O/c29-20(17-28-18-25-22-9-3-4-10-24(22)28)16-26-12-14-27(15-13-26)23-11-5-7-19-6-1-2-8-21(19)23/h1-11,18,20,29H,12-17H2. The van der Waals surface area contributed by atoms with Crippen LogP contribution in [0.25, 0.3) is 21.8 Å². The van der Waals surface area contributed by atoms with E-state index in [0.29, 0.717) is 13.1 Å². The Labute approximate surface area is 170 Å². The minimum Gasteiger partial charge on any atom is -0.390 e.